The number of fused-ring (bicyclic) bond motifs is 1. The number of carboxylic acid groups (broad SMARTS) is 1. The number of benzene rings is 1. The van der Waals surface area contributed by atoms with E-state index in [1.807, 2.05) is 25.1 Å². The smallest absolute Gasteiger partial charge is 0.404 e. The monoisotopic (exact) mass is 308 g/mol. The molecule has 0 bridgehead atoms. The van der Waals surface area contributed by atoms with Crippen molar-refractivity contribution in [3.63, 3.8) is 0 Å². The maximum absolute atomic E-state index is 13.6. The second-order valence-corrected chi connectivity index (χ2v) is 5.70. The fourth-order valence-electron chi connectivity index (χ4n) is 2.03. The number of H-pyrrole nitrogens is 1. The second-order valence-electron chi connectivity index (χ2n) is 4.68. The first-order chi connectivity index (χ1) is 9.99. The molecule has 2 aromatic rings. The van der Waals surface area contributed by atoms with Crippen LogP contribution in [0.3, 0.4) is 0 Å². The summed E-state index contributed by atoms with van der Waals surface area (Å²) in [5.41, 5.74) is 3.34. The molecule has 0 aliphatic carbocycles. The van der Waals surface area contributed by atoms with Gasteiger partial charge in [0.1, 0.15) is 5.83 Å². The number of halogens is 1. The van der Waals surface area contributed by atoms with E-state index in [1.165, 1.54) is 23.4 Å². The van der Waals surface area contributed by atoms with Crippen molar-refractivity contribution in [2.75, 3.05) is 12.3 Å². The average molecular weight is 308 g/mol. The molecular formula is C15H17FN2O2S. The van der Waals surface area contributed by atoms with E-state index in [1.54, 1.807) is 0 Å². The van der Waals surface area contributed by atoms with E-state index in [9.17, 15) is 9.18 Å². The van der Waals surface area contributed by atoms with Gasteiger partial charge < -0.3 is 15.4 Å². The number of carbonyl (C=O) groups is 1. The summed E-state index contributed by atoms with van der Waals surface area (Å²) >= 11 is 1.39. The molecule has 1 aromatic carbocycles. The number of nitrogens with one attached hydrogen (secondary N) is 2. The largest absolute Gasteiger partial charge is 0.465 e. The molecule has 2 rings (SSSR count). The van der Waals surface area contributed by atoms with Gasteiger partial charge in [-0.1, -0.05) is 12.1 Å². The molecule has 112 valence electrons. The first kappa shape index (κ1) is 15.4. The van der Waals surface area contributed by atoms with E-state index in [2.05, 4.69) is 17.2 Å². The standard InChI is InChI=1S/C15H17FN2O2S/c1-9-10(2)18-14-12(9)4-3-5-13(14)21-8-11(16)6-7-17-15(19)20/h3-6,17-18H,7-8H2,1-2H3,(H,19,20)/b11-6-. The number of aromatic amines is 1. The average Bonchev–Trinajstić information content (AvgIpc) is 2.72. The summed E-state index contributed by atoms with van der Waals surface area (Å²) in [4.78, 5) is 14.6. The number of hydrogen-bond acceptors (Lipinski definition) is 2. The molecule has 3 N–H and O–H groups in total. The van der Waals surface area contributed by atoms with Gasteiger partial charge in [0.05, 0.1) is 5.52 Å². The molecule has 0 unspecified atom stereocenters. The van der Waals surface area contributed by atoms with E-state index in [0.29, 0.717) is 0 Å². The highest BCUT2D eigenvalue weighted by atomic mass is 32.2. The minimum Gasteiger partial charge on any atom is -0.465 e. The Labute approximate surface area is 126 Å². The summed E-state index contributed by atoms with van der Waals surface area (Å²) in [6, 6.07) is 5.95. The number of rotatable bonds is 5. The van der Waals surface area contributed by atoms with Crippen molar-refractivity contribution in [3.8, 4) is 0 Å². The van der Waals surface area contributed by atoms with Crippen LogP contribution in [0.4, 0.5) is 9.18 Å². The van der Waals surface area contributed by atoms with Gasteiger partial charge in [0.2, 0.25) is 0 Å². The van der Waals surface area contributed by atoms with Crippen molar-refractivity contribution >= 4 is 28.8 Å². The quantitative estimate of drug-likeness (QED) is 0.732. The molecule has 0 atom stereocenters. The fourth-order valence-corrected chi connectivity index (χ4v) is 2.92. The van der Waals surface area contributed by atoms with E-state index in [4.69, 9.17) is 5.11 Å². The number of hydrogen-bond donors (Lipinski definition) is 3. The minimum atomic E-state index is -1.16. The van der Waals surface area contributed by atoms with E-state index >= 15 is 0 Å². The summed E-state index contributed by atoms with van der Waals surface area (Å²) in [5, 5.41) is 11.7. The molecule has 0 spiro atoms. The van der Waals surface area contributed by atoms with Crippen molar-refractivity contribution in [1.29, 1.82) is 0 Å². The van der Waals surface area contributed by atoms with Crippen molar-refractivity contribution in [1.82, 2.24) is 10.3 Å². The van der Waals surface area contributed by atoms with Crippen LogP contribution < -0.4 is 5.32 Å². The third-order valence-corrected chi connectivity index (χ3v) is 4.32. The number of para-hydroxylation sites is 1. The molecular weight excluding hydrogens is 291 g/mol. The van der Waals surface area contributed by atoms with Crippen LogP contribution >= 0.6 is 11.8 Å². The zero-order chi connectivity index (χ0) is 15.4. The Bertz CT molecular complexity index is 694. The number of aromatic nitrogens is 1. The van der Waals surface area contributed by atoms with Crippen LogP contribution in [0.15, 0.2) is 35.0 Å². The SMILES string of the molecule is Cc1[nH]c2c(SC/C(F)=C/CNC(=O)O)cccc2c1C. The van der Waals surface area contributed by atoms with Crippen LogP contribution in [0.5, 0.6) is 0 Å². The molecule has 0 aliphatic heterocycles. The van der Waals surface area contributed by atoms with Gasteiger partial charge in [0.15, 0.2) is 0 Å². The van der Waals surface area contributed by atoms with Crippen molar-refractivity contribution < 1.29 is 14.3 Å². The number of aryl methyl sites for hydroxylation is 2. The number of amides is 1. The third-order valence-electron chi connectivity index (χ3n) is 3.25. The highest BCUT2D eigenvalue weighted by molar-refractivity contribution is 7.99. The molecule has 0 fully saturated rings. The van der Waals surface area contributed by atoms with Crippen molar-refractivity contribution in [2.24, 2.45) is 0 Å². The molecule has 1 aromatic heterocycles. The summed E-state index contributed by atoms with van der Waals surface area (Å²) in [7, 11) is 0. The van der Waals surface area contributed by atoms with Crippen LogP contribution in [-0.2, 0) is 0 Å². The van der Waals surface area contributed by atoms with E-state index < -0.39 is 6.09 Å². The Kier molecular flexibility index (Phi) is 4.90. The van der Waals surface area contributed by atoms with E-state index in [0.717, 1.165) is 21.5 Å². The Balaban J connectivity index is 2.07. The third kappa shape index (κ3) is 3.78. The van der Waals surface area contributed by atoms with Gasteiger partial charge in [0, 0.05) is 28.3 Å². The first-order valence-corrected chi connectivity index (χ1v) is 7.49. The minimum absolute atomic E-state index is 0.0212. The zero-order valence-corrected chi connectivity index (χ0v) is 12.7. The summed E-state index contributed by atoms with van der Waals surface area (Å²) in [5.74, 6) is -0.164. The molecule has 6 heteroatoms. The second kappa shape index (κ2) is 6.67. The van der Waals surface area contributed by atoms with Crippen molar-refractivity contribution in [2.45, 2.75) is 18.7 Å². The fraction of sp³-hybridized carbons (Fsp3) is 0.267. The van der Waals surface area contributed by atoms with Crippen LogP contribution in [0.25, 0.3) is 10.9 Å². The van der Waals surface area contributed by atoms with Crippen LogP contribution in [0, 0.1) is 13.8 Å². The van der Waals surface area contributed by atoms with E-state index in [-0.39, 0.29) is 18.1 Å². The molecule has 0 aliphatic rings. The van der Waals surface area contributed by atoms with Gasteiger partial charge in [-0.25, -0.2) is 9.18 Å². The van der Waals surface area contributed by atoms with Gasteiger partial charge in [-0.3, -0.25) is 0 Å². The van der Waals surface area contributed by atoms with Gasteiger partial charge in [-0.05, 0) is 31.6 Å². The molecule has 1 heterocycles. The summed E-state index contributed by atoms with van der Waals surface area (Å²) in [6.45, 7) is 4.05. The molecule has 0 saturated heterocycles. The molecule has 21 heavy (non-hydrogen) atoms. The first-order valence-electron chi connectivity index (χ1n) is 6.51. The maximum Gasteiger partial charge on any atom is 0.404 e. The lowest BCUT2D eigenvalue weighted by molar-refractivity contribution is 0.195. The summed E-state index contributed by atoms with van der Waals surface area (Å²) in [6.07, 6.45) is 0.0840. The summed E-state index contributed by atoms with van der Waals surface area (Å²) < 4.78 is 13.6. The lowest BCUT2D eigenvalue weighted by atomic mass is 10.1. The topological polar surface area (TPSA) is 65.1 Å². The molecule has 1 amide bonds. The van der Waals surface area contributed by atoms with Gasteiger partial charge in [-0.15, -0.1) is 11.8 Å². The van der Waals surface area contributed by atoms with Crippen LogP contribution in [0.1, 0.15) is 11.3 Å². The van der Waals surface area contributed by atoms with Crippen LogP contribution in [0.2, 0.25) is 0 Å². The zero-order valence-electron chi connectivity index (χ0n) is 11.9. The predicted molar refractivity (Wildman–Crippen MR) is 83.7 cm³/mol. The molecule has 4 nitrogen and oxygen atoms in total. The Hall–Kier alpha value is -1.95. The normalized spacial score (nSPS) is 11.9. The maximum atomic E-state index is 13.6. The number of thioether (sulfide) groups is 1. The Morgan fingerprint density at radius 2 is 2.24 bits per heavy atom. The Morgan fingerprint density at radius 3 is 2.95 bits per heavy atom. The highest BCUT2D eigenvalue weighted by Crippen LogP contribution is 2.31. The van der Waals surface area contributed by atoms with Crippen molar-refractivity contribution in [3.05, 3.63) is 41.4 Å². The van der Waals surface area contributed by atoms with Crippen LogP contribution in [-0.4, -0.2) is 28.5 Å². The highest BCUT2D eigenvalue weighted by Gasteiger charge is 2.09. The molecule has 0 radical (unpaired) electrons. The Morgan fingerprint density at radius 1 is 1.48 bits per heavy atom. The van der Waals surface area contributed by atoms with Gasteiger partial charge >= 0.3 is 6.09 Å². The van der Waals surface area contributed by atoms with Gasteiger partial charge in [0.25, 0.3) is 0 Å². The molecule has 0 saturated carbocycles. The lowest BCUT2D eigenvalue weighted by Crippen LogP contribution is -2.20. The lowest BCUT2D eigenvalue weighted by Gasteiger charge is -2.03. The van der Waals surface area contributed by atoms with Gasteiger partial charge in [-0.2, -0.15) is 0 Å². The predicted octanol–water partition coefficient (Wildman–Crippen LogP) is 4.00.